The molecule has 2 atom stereocenters. The molecule has 112 valence electrons. The molecule has 1 aromatic rings. The summed E-state index contributed by atoms with van der Waals surface area (Å²) in [5.41, 5.74) is 6.70. The molecule has 0 spiro atoms. The van der Waals surface area contributed by atoms with Gasteiger partial charge in [-0.15, -0.1) is 0 Å². The maximum absolute atomic E-state index is 9.76. The fourth-order valence-corrected chi connectivity index (χ4v) is 2.78. The summed E-state index contributed by atoms with van der Waals surface area (Å²) in [4.78, 5) is 2.28. The molecule has 0 saturated carbocycles. The van der Waals surface area contributed by atoms with Crippen LogP contribution >= 0.6 is 0 Å². The third kappa shape index (κ3) is 3.79. The van der Waals surface area contributed by atoms with E-state index < -0.39 is 5.54 Å². The zero-order valence-electron chi connectivity index (χ0n) is 12.3. The standard InChI is InChI=1S/C16H26N2O2/c1-2-18(11-15-9-6-10-20-15)12-16(17,13-19)14-7-4-3-5-8-14/h3-5,7-8,15,19H,2,6,9-13,17H2,1H3. The zero-order valence-corrected chi connectivity index (χ0v) is 12.3. The first-order chi connectivity index (χ1) is 9.68. The van der Waals surface area contributed by atoms with E-state index in [1.54, 1.807) is 0 Å². The van der Waals surface area contributed by atoms with Crippen molar-refractivity contribution < 1.29 is 9.84 Å². The SMILES string of the molecule is CCN(CC1CCCO1)CC(N)(CO)c1ccccc1. The second-order valence-corrected chi connectivity index (χ2v) is 5.64. The Morgan fingerprint density at radius 3 is 2.70 bits per heavy atom. The van der Waals surface area contributed by atoms with E-state index in [1.165, 1.54) is 0 Å². The highest BCUT2D eigenvalue weighted by molar-refractivity contribution is 5.24. The van der Waals surface area contributed by atoms with Crippen LogP contribution < -0.4 is 5.73 Å². The molecule has 3 N–H and O–H groups in total. The molecule has 0 bridgehead atoms. The van der Waals surface area contributed by atoms with Gasteiger partial charge in [-0.05, 0) is 24.9 Å². The quantitative estimate of drug-likeness (QED) is 0.790. The summed E-state index contributed by atoms with van der Waals surface area (Å²) in [5, 5.41) is 9.76. The summed E-state index contributed by atoms with van der Waals surface area (Å²) in [5.74, 6) is 0. The van der Waals surface area contributed by atoms with Crippen LogP contribution in [0.3, 0.4) is 0 Å². The topological polar surface area (TPSA) is 58.7 Å². The van der Waals surface area contributed by atoms with Crippen LogP contribution in [0.4, 0.5) is 0 Å². The summed E-state index contributed by atoms with van der Waals surface area (Å²) >= 11 is 0. The average Bonchev–Trinajstić information content (AvgIpc) is 3.00. The van der Waals surface area contributed by atoms with Crippen molar-refractivity contribution in [1.82, 2.24) is 4.90 Å². The van der Waals surface area contributed by atoms with E-state index in [9.17, 15) is 5.11 Å². The molecule has 1 fully saturated rings. The molecule has 2 unspecified atom stereocenters. The van der Waals surface area contributed by atoms with Crippen LogP contribution in [0, 0.1) is 0 Å². The van der Waals surface area contributed by atoms with Gasteiger partial charge >= 0.3 is 0 Å². The van der Waals surface area contributed by atoms with Crippen molar-refractivity contribution in [2.75, 3.05) is 32.8 Å². The van der Waals surface area contributed by atoms with E-state index in [1.807, 2.05) is 30.3 Å². The molecule has 0 aliphatic carbocycles. The smallest absolute Gasteiger partial charge is 0.0772 e. The zero-order chi connectivity index (χ0) is 14.4. The predicted molar refractivity (Wildman–Crippen MR) is 80.5 cm³/mol. The van der Waals surface area contributed by atoms with Gasteiger partial charge in [0.05, 0.1) is 18.2 Å². The number of likely N-dealkylation sites (N-methyl/N-ethyl adjacent to an activating group) is 1. The Hall–Kier alpha value is -0.940. The van der Waals surface area contributed by atoms with Gasteiger partial charge < -0.3 is 15.6 Å². The Balaban J connectivity index is 2.02. The lowest BCUT2D eigenvalue weighted by Crippen LogP contribution is -2.51. The number of nitrogens with two attached hydrogens (primary N) is 1. The number of hydrogen-bond donors (Lipinski definition) is 2. The van der Waals surface area contributed by atoms with Gasteiger partial charge in [0.15, 0.2) is 0 Å². The molecule has 4 heteroatoms. The molecule has 0 amide bonds. The molecule has 4 nitrogen and oxygen atoms in total. The van der Waals surface area contributed by atoms with Crippen LogP contribution in [-0.4, -0.2) is 49.0 Å². The van der Waals surface area contributed by atoms with Crippen molar-refractivity contribution in [2.45, 2.75) is 31.4 Å². The van der Waals surface area contributed by atoms with Crippen LogP contribution in [-0.2, 0) is 10.3 Å². The average molecular weight is 278 g/mol. The minimum Gasteiger partial charge on any atom is -0.394 e. The number of rotatable bonds is 7. The lowest BCUT2D eigenvalue weighted by atomic mass is 9.91. The summed E-state index contributed by atoms with van der Waals surface area (Å²) < 4.78 is 5.69. The summed E-state index contributed by atoms with van der Waals surface area (Å²) in [6.07, 6.45) is 2.58. The maximum Gasteiger partial charge on any atom is 0.0772 e. The Labute approximate surface area is 121 Å². The number of aliphatic hydroxyl groups excluding tert-OH is 1. The van der Waals surface area contributed by atoms with E-state index in [0.29, 0.717) is 12.6 Å². The lowest BCUT2D eigenvalue weighted by molar-refractivity contribution is 0.0583. The fraction of sp³-hybridized carbons (Fsp3) is 0.625. The first-order valence-corrected chi connectivity index (χ1v) is 7.47. The predicted octanol–water partition coefficient (Wildman–Crippen LogP) is 1.33. The minimum absolute atomic E-state index is 0.0565. The second kappa shape index (κ2) is 7.18. The van der Waals surface area contributed by atoms with Crippen LogP contribution in [0.25, 0.3) is 0 Å². The Morgan fingerprint density at radius 2 is 2.15 bits per heavy atom. The number of aliphatic hydroxyl groups is 1. The van der Waals surface area contributed by atoms with E-state index in [4.69, 9.17) is 10.5 Å². The molecule has 0 aromatic heterocycles. The summed E-state index contributed by atoms with van der Waals surface area (Å²) in [6, 6.07) is 9.85. The van der Waals surface area contributed by atoms with Crippen molar-refractivity contribution >= 4 is 0 Å². The number of ether oxygens (including phenoxy) is 1. The monoisotopic (exact) mass is 278 g/mol. The molecule has 20 heavy (non-hydrogen) atoms. The van der Waals surface area contributed by atoms with Crippen molar-refractivity contribution in [3.63, 3.8) is 0 Å². The van der Waals surface area contributed by atoms with Gasteiger partial charge in [0.2, 0.25) is 0 Å². The highest BCUT2D eigenvalue weighted by Crippen LogP contribution is 2.21. The van der Waals surface area contributed by atoms with Gasteiger partial charge in [0, 0.05) is 19.7 Å². The molecular formula is C16H26N2O2. The maximum atomic E-state index is 9.76. The van der Waals surface area contributed by atoms with E-state index >= 15 is 0 Å². The van der Waals surface area contributed by atoms with E-state index in [-0.39, 0.29) is 6.61 Å². The van der Waals surface area contributed by atoms with Crippen LogP contribution in [0.1, 0.15) is 25.3 Å². The number of hydrogen-bond acceptors (Lipinski definition) is 4. The van der Waals surface area contributed by atoms with Crippen LogP contribution in [0.5, 0.6) is 0 Å². The Bertz CT molecular complexity index is 393. The van der Waals surface area contributed by atoms with E-state index in [0.717, 1.165) is 38.1 Å². The first-order valence-electron chi connectivity index (χ1n) is 7.47. The van der Waals surface area contributed by atoms with Gasteiger partial charge in [-0.3, -0.25) is 4.90 Å². The van der Waals surface area contributed by atoms with Crippen LogP contribution in [0.2, 0.25) is 0 Å². The molecule has 1 saturated heterocycles. The van der Waals surface area contributed by atoms with Crippen molar-refractivity contribution in [3.05, 3.63) is 35.9 Å². The van der Waals surface area contributed by atoms with Crippen molar-refractivity contribution in [1.29, 1.82) is 0 Å². The van der Waals surface area contributed by atoms with Crippen molar-refractivity contribution in [2.24, 2.45) is 5.73 Å². The molecule has 2 rings (SSSR count). The molecular weight excluding hydrogens is 252 g/mol. The van der Waals surface area contributed by atoms with Gasteiger partial charge in [-0.1, -0.05) is 37.3 Å². The van der Waals surface area contributed by atoms with Crippen molar-refractivity contribution in [3.8, 4) is 0 Å². The van der Waals surface area contributed by atoms with Gasteiger partial charge in [0.1, 0.15) is 0 Å². The molecule has 1 aromatic carbocycles. The first kappa shape index (κ1) is 15.4. The molecule has 1 aliphatic heterocycles. The van der Waals surface area contributed by atoms with Crippen LogP contribution in [0.15, 0.2) is 30.3 Å². The second-order valence-electron chi connectivity index (χ2n) is 5.64. The molecule has 1 aliphatic rings. The normalized spacial score (nSPS) is 22.1. The highest BCUT2D eigenvalue weighted by Gasteiger charge is 2.30. The third-order valence-corrected chi connectivity index (χ3v) is 4.07. The number of benzene rings is 1. The van der Waals surface area contributed by atoms with Gasteiger partial charge in [0.25, 0.3) is 0 Å². The van der Waals surface area contributed by atoms with Gasteiger partial charge in [-0.25, -0.2) is 0 Å². The summed E-state index contributed by atoms with van der Waals surface area (Å²) in [6.45, 7) is 5.38. The van der Waals surface area contributed by atoms with E-state index in [2.05, 4.69) is 11.8 Å². The molecule has 0 radical (unpaired) electrons. The number of nitrogens with zero attached hydrogens (tertiary/aromatic N) is 1. The van der Waals surface area contributed by atoms with Gasteiger partial charge in [-0.2, -0.15) is 0 Å². The summed E-state index contributed by atoms with van der Waals surface area (Å²) in [7, 11) is 0. The largest absolute Gasteiger partial charge is 0.394 e. The minimum atomic E-state index is -0.712. The molecule has 1 heterocycles. The fourth-order valence-electron chi connectivity index (χ4n) is 2.78. The Morgan fingerprint density at radius 1 is 1.40 bits per heavy atom. The third-order valence-electron chi connectivity index (χ3n) is 4.07. The lowest BCUT2D eigenvalue weighted by Gasteiger charge is -2.35. The Kier molecular flexibility index (Phi) is 5.54. The highest BCUT2D eigenvalue weighted by atomic mass is 16.5.